The van der Waals surface area contributed by atoms with Crippen molar-refractivity contribution in [2.45, 2.75) is 72.6 Å². The Labute approximate surface area is 227 Å². The van der Waals surface area contributed by atoms with Crippen molar-refractivity contribution in [3.8, 4) is 0 Å². The number of aryl methyl sites for hydroxylation is 1. The first-order valence-electron chi connectivity index (χ1n) is 13.2. The molecule has 3 unspecified atom stereocenters. The molecule has 1 aromatic carbocycles. The molecule has 0 bridgehead atoms. The highest BCUT2D eigenvalue weighted by Crippen LogP contribution is 2.22. The maximum absolute atomic E-state index is 13.4. The lowest BCUT2D eigenvalue weighted by molar-refractivity contribution is -0.149. The van der Waals surface area contributed by atoms with E-state index in [4.69, 9.17) is 9.26 Å². The van der Waals surface area contributed by atoms with E-state index in [0.29, 0.717) is 17.9 Å². The Morgan fingerprint density at radius 3 is 2.49 bits per heavy atom. The summed E-state index contributed by atoms with van der Waals surface area (Å²) < 4.78 is 10.5. The molecule has 0 fully saturated rings. The molecule has 11 heteroatoms. The Bertz CT molecular complexity index is 1180. The number of ether oxygens (including phenoxy) is 1. The number of carbonyl (C=O) groups excluding carboxylic acids is 5. The summed E-state index contributed by atoms with van der Waals surface area (Å²) in [5, 5.41) is 12.6. The predicted octanol–water partition coefficient (Wildman–Crippen LogP) is 2.32. The van der Waals surface area contributed by atoms with Crippen LogP contribution in [0.4, 0.5) is 0 Å². The average Bonchev–Trinajstić information content (AvgIpc) is 3.37. The summed E-state index contributed by atoms with van der Waals surface area (Å²) in [6.45, 7) is 7.33. The third kappa shape index (κ3) is 8.30. The van der Waals surface area contributed by atoms with Gasteiger partial charge in [0.05, 0.1) is 24.9 Å². The van der Waals surface area contributed by atoms with Crippen molar-refractivity contribution >= 4 is 29.4 Å². The van der Waals surface area contributed by atoms with Crippen LogP contribution in [0.1, 0.15) is 64.0 Å². The minimum atomic E-state index is -0.898. The van der Waals surface area contributed by atoms with Crippen molar-refractivity contribution in [2.24, 2.45) is 23.7 Å². The van der Waals surface area contributed by atoms with Crippen molar-refractivity contribution < 1.29 is 33.2 Å². The fraction of sp³-hybridized carbons (Fsp3) is 0.536. The Morgan fingerprint density at radius 2 is 1.82 bits per heavy atom. The molecule has 1 aliphatic heterocycles. The van der Waals surface area contributed by atoms with Crippen molar-refractivity contribution in [1.29, 1.82) is 0 Å². The number of fused-ring (bicyclic) bond motifs is 1. The van der Waals surface area contributed by atoms with Gasteiger partial charge in [0, 0.05) is 24.0 Å². The monoisotopic (exact) mass is 540 g/mol. The number of aromatic nitrogens is 2. The third-order valence-electron chi connectivity index (χ3n) is 6.89. The van der Waals surface area contributed by atoms with E-state index >= 15 is 0 Å². The summed E-state index contributed by atoms with van der Waals surface area (Å²) in [5.41, 5.74) is 1.28. The Morgan fingerprint density at radius 1 is 1.10 bits per heavy atom. The van der Waals surface area contributed by atoms with Gasteiger partial charge in [-0.3, -0.25) is 24.0 Å². The Hall–Kier alpha value is -3.89. The van der Waals surface area contributed by atoms with E-state index < -0.39 is 41.4 Å². The van der Waals surface area contributed by atoms with E-state index in [1.54, 1.807) is 13.8 Å². The normalized spacial score (nSPS) is 17.3. The van der Waals surface area contributed by atoms with E-state index in [0.717, 1.165) is 5.56 Å². The molecule has 2 heterocycles. The molecule has 1 aromatic heterocycles. The molecule has 210 valence electrons. The summed E-state index contributed by atoms with van der Waals surface area (Å²) in [5.74, 6) is -4.44. The van der Waals surface area contributed by atoms with Crippen molar-refractivity contribution in [1.82, 2.24) is 21.0 Å². The van der Waals surface area contributed by atoms with Gasteiger partial charge in [-0.25, -0.2) is 0 Å². The largest absolute Gasteiger partial charge is 0.461 e. The van der Waals surface area contributed by atoms with Gasteiger partial charge in [-0.2, -0.15) is 0 Å². The molecule has 2 N–H and O–H groups in total. The summed E-state index contributed by atoms with van der Waals surface area (Å²) in [7, 11) is 0. The Kier molecular flexibility index (Phi) is 10.5. The van der Waals surface area contributed by atoms with Gasteiger partial charge in [-0.1, -0.05) is 58.0 Å². The quantitative estimate of drug-likeness (QED) is 0.322. The van der Waals surface area contributed by atoms with Crippen LogP contribution in [0.15, 0.2) is 34.9 Å². The van der Waals surface area contributed by atoms with Gasteiger partial charge in [-0.15, -0.1) is 5.10 Å². The highest BCUT2D eigenvalue weighted by molar-refractivity contribution is 6.37. The molecule has 0 saturated heterocycles. The van der Waals surface area contributed by atoms with Crippen LogP contribution in [0.2, 0.25) is 0 Å². The van der Waals surface area contributed by atoms with E-state index in [2.05, 4.69) is 21.0 Å². The van der Waals surface area contributed by atoms with Gasteiger partial charge >= 0.3 is 5.97 Å². The topological polar surface area (TPSA) is 158 Å². The second-order valence-corrected chi connectivity index (χ2v) is 10.5. The van der Waals surface area contributed by atoms with Crippen LogP contribution in [0.25, 0.3) is 0 Å². The third-order valence-corrected chi connectivity index (χ3v) is 6.89. The molecule has 2 aromatic rings. The molecule has 3 rings (SSSR count). The molecule has 11 nitrogen and oxygen atoms in total. The number of hydrogen-bond donors (Lipinski definition) is 2. The van der Waals surface area contributed by atoms with Crippen molar-refractivity contribution in [3.05, 3.63) is 47.3 Å². The predicted molar refractivity (Wildman–Crippen MR) is 139 cm³/mol. The molecule has 1 aliphatic rings. The number of rotatable bonds is 11. The van der Waals surface area contributed by atoms with Crippen molar-refractivity contribution in [3.63, 3.8) is 0 Å². The highest BCUT2D eigenvalue weighted by Gasteiger charge is 2.35. The molecule has 0 saturated carbocycles. The first-order chi connectivity index (χ1) is 18.6. The van der Waals surface area contributed by atoms with Crippen LogP contribution >= 0.6 is 0 Å². The molecule has 3 atom stereocenters. The van der Waals surface area contributed by atoms with Crippen LogP contribution in [0.3, 0.4) is 0 Å². The van der Waals surface area contributed by atoms with Gasteiger partial charge in [0.25, 0.3) is 5.91 Å². The fourth-order valence-corrected chi connectivity index (χ4v) is 4.48. The molecule has 0 spiro atoms. The lowest BCUT2D eigenvalue weighted by Gasteiger charge is -2.27. The van der Waals surface area contributed by atoms with E-state index in [-0.39, 0.29) is 50.0 Å². The molecule has 0 aliphatic carbocycles. The first-order valence-corrected chi connectivity index (χ1v) is 13.2. The summed E-state index contributed by atoms with van der Waals surface area (Å²) in [6, 6.07) is 8.34. The van der Waals surface area contributed by atoms with Gasteiger partial charge < -0.3 is 19.9 Å². The SMILES string of the molecule is CC(C)C(CC(=O)OCc1ccccc1)C(=O)NC(C(=O)CC1CCc2onnc2CNC(=O)C1=O)C(C)C. The minimum Gasteiger partial charge on any atom is -0.461 e. The van der Waals surface area contributed by atoms with Crippen LogP contribution < -0.4 is 10.6 Å². The highest BCUT2D eigenvalue weighted by atomic mass is 16.5. The number of nitrogens with one attached hydrogen (secondary N) is 2. The zero-order valence-electron chi connectivity index (χ0n) is 22.8. The smallest absolute Gasteiger partial charge is 0.306 e. The average molecular weight is 541 g/mol. The Balaban J connectivity index is 1.64. The van der Waals surface area contributed by atoms with Crippen LogP contribution in [0, 0.1) is 23.7 Å². The standard InChI is InChI=1S/C28H36N4O7/c1-16(2)20(13-24(34)38-15-18-8-6-5-7-9-18)27(36)30-25(17(3)4)22(33)12-19-10-11-23-21(31-32-39-23)14-29-28(37)26(19)35/h5-9,16-17,19-20,25H,10-15H2,1-4H3,(H,29,37)(H,30,36). The number of ketones is 2. The lowest BCUT2D eigenvalue weighted by atomic mass is 9.86. The second-order valence-electron chi connectivity index (χ2n) is 10.5. The van der Waals surface area contributed by atoms with Gasteiger partial charge in [0.1, 0.15) is 12.3 Å². The molecular formula is C28H36N4O7. The van der Waals surface area contributed by atoms with Crippen LogP contribution in [-0.4, -0.2) is 45.8 Å². The van der Waals surface area contributed by atoms with Crippen LogP contribution in [-0.2, 0) is 48.3 Å². The molecular weight excluding hydrogens is 504 g/mol. The van der Waals surface area contributed by atoms with Crippen LogP contribution in [0.5, 0.6) is 0 Å². The number of Topliss-reactive ketones (excluding diaryl/α,β-unsaturated/α-hetero) is 2. The maximum atomic E-state index is 13.4. The summed E-state index contributed by atoms with van der Waals surface area (Å²) in [4.78, 5) is 64.3. The maximum Gasteiger partial charge on any atom is 0.306 e. The van der Waals surface area contributed by atoms with Gasteiger partial charge in [-0.05, 0) is 23.8 Å². The van der Waals surface area contributed by atoms with E-state index in [1.807, 2.05) is 44.2 Å². The molecule has 39 heavy (non-hydrogen) atoms. The second kappa shape index (κ2) is 13.8. The zero-order valence-corrected chi connectivity index (χ0v) is 22.8. The molecule has 2 amide bonds. The number of hydrogen-bond acceptors (Lipinski definition) is 9. The number of esters is 1. The molecule has 0 radical (unpaired) electrons. The number of amides is 2. The number of nitrogens with zero attached hydrogens (tertiary/aromatic N) is 2. The summed E-state index contributed by atoms with van der Waals surface area (Å²) >= 11 is 0. The van der Waals surface area contributed by atoms with E-state index in [9.17, 15) is 24.0 Å². The lowest BCUT2D eigenvalue weighted by Crippen LogP contribution is -2.49. The van der Waals surface area contributed by atoms with Gasteiger partial charge in [0.15, 0.2) is 11.5 Å². The minimum absolute atomic E-state index is 0.0130. The van der Waals surface area contributed by atoms with E-state index in [1.165, 1.54) is 0 Å². The summed E-state index contributed by atoms with van der Waals surface area (Å²) in [6.07, 6.45) is 0.130. The van der Waals surface area contributed by atoms with Gasteiger partial charge in [0.2, 0.25) is 11.7 Å². The number of carbonyl (C=O) groups is 5. The first kappa shape index (κ1) is 29.7. The zero-order chi connectivity index (χ0) is 28.5. The van der Waals surface area contributed by atoms with Crippen molar-refractivity contribution in [2.75, 3.05) is 0 Å². The fourth-order valence-electron chi connectivity index (χ4n) is 4.48. The number of benzene rings is 1.